The minimum absolute atomic E-state index is 0.0461. The number of benzene rings is 1. The van der Waals surface area contributed by atoms with Crippen LogP contribution in [0.25, 0.3) is 5.82 Å². The van der Waals surface area contributed by atoms with Gasteiger partial charge in [-0.25, -0.2) is 4.98 Å². The van der Waals surface area contributed by atoms with Gasteiger partial charge >= 0.3 is 0 Å². The van der Waals surface area contributed by atoms with Crippen LogP contribution >= 0.6 is 23.2 Å². The Kier molecular flexibility index (Phi) is 5.19. The van der Waals surface area contributed by atoms with Gasteiger partial charge in [-0.1, -0.05) is 23.2 Å². The number of anilines is 1. The Morgan fingerprint density at radius 2 is 1.68 bits per heavy atom. The lowest BCUT2D eigenvalue weighted by atomic mass is 10.2. The molecule has 0 aliphatic carbocycles. The Hall–Kier alpha value is -2.64. The minimum atomic E-state index is -0.0461. The summed E-state index contributed by atoms with van der Waals surface area (Å²) < 4.78 is 1.88. The number of nitrogens with zero attached hydrogens (tertiary/aromatic N) is 6. The Morgan fingerprint density at radius 3 is 2.29 bits per heavy atom. The van der Waals surface area contributed by atoms with E-state index in [0.717, 1.165) is 17.5 Å². The van der Waals surface area contributed by atoms with E-state index in [1.54, 1.807) is 24.4 Å². The molecule has 1 saturated heterocycles. The molecule has 7 nitrogen and oxygen atoms in total. The second-order valence-electron chi connectivity index (χ2n) is 6.50. The minimum Gasteiger partial charge on any atom is -0.352 e. The summed E-state index contributed by atoms with van der Waals surface area (Å²) in [5, 5.41) is 9.47. The van der Waals surface area contributed by atoms with Crippen LogP contribution in [0.3, 0.4) is 0 Å². The van der Waals surface area contributed by atoms with Crippen molar-refractivity contribution in [3.05, 3.63) is 64.2 Å². The highest BCUT2D eigenvalue weighted by atomic mass is 35.5. The van der Waals surface area contributed by atoms with E-state index in [1.165, 1.54) is 0 Å². The van der Waals surface area contributed by atoms with Crippen LogP contribution in [0.15, 0.2) is 42.7 Å². The number of aryl methyl sites for hydroxylation is 1. The van der Waals surface area contributed by atoms with Gasteiger partial charge in [-0.05, 0) is 37.3 Å². The predicted molar refractivity (Wildman–Crippen MR) is 108 cm³/mol. The molecule has 9 heteroatoms. The molecule has 0 atom stereocenters. The molecule has 1 amide bonds. The number of aromatic nitrogens is 4. The van der Waals surface area contributed by atoms with Crippen molar-refractivity contribution < 1.29 is 4.79 Å². The zero-order valence-corrected chi connectivity index (χ0v) is 16.7. The van der Waals surface area contributed by atoms with Crippen molar-refractivity contribution in [2.45, 2.75) is 6.92 Å². The first kappa shape index (κ1) is 18.7. The molecule has 0 saturated carbocycles. The lowest BCUT2D eigenvalue weighted by Crippen LogP contribution is -2.49. The molecule has 0 bridgehead atoms. The second-order valence-corrected chi connectivity index (χ2v) is 7.32. The second kappa shape index (κ2) is 7.77. The maximum Gasteiger partial charge on any atom is 0.254 e. The van der Waals surface area contributed by atoms with Crippen molar-refractivity contribution in [1.29, 1.82) is 0 Å². The zero-order valence-electron chi connectivity index (χ0n) is 15.2. The van der Waals surface area contributed by atoms with Crippen molar-refractivity contribution >= 4 is 34.9 Å². The highest BCUT2D eigenvalue weighted by Crippen LogP contribution is 2.24. The van der Waals surface area contributed by atoms with Gasteiger partial charge in [0.2, 0.25) is 0 Å². The number of carbonyl (C=O) groups excluding carboxylic acids is 1. The van der Waals surface area contributed by atoms with Crippen LogP contribution in [0, 0.1) is 6.92 Å². The molecular formula is C19H18Cl2N6O. The number of hydrogen-bond acceptors (Lipinski definition) is 5. The SMILES string of the molecule is Cc1nccn1-c1ccc(N2CCN(C(=O)c3ccc(Cl)c(Cl)c3)CC2)nn1. The molecule has 3 heterocycles. The highest BCUT2D eigenvalue weighted by Gasteiger charge is 2.23. The summed E-state index contributed by atoms with van der Waals surface area (Å²) >= 11 is 12.0. The largest absolute Gasteiger partial charge is 0.352 e. The molecular weight excluding hydrogens is 399 g/mol. The normalized spacial score (nSPS) is 14.4. The van der Waals surface area contributed by atoms with Crippen LogP contribution in [0.4, 0.5) is 5.82 Å². The first-order valence-corrected chi connectivity index (χ1v) is 9.62. The van der Waals surface area contributed by atoms with Crippen molar-refractivity contribution in [2.24, 2.45) is 0 Å². The summed E-state index contributed by atoms with van der Waals surface area (Å²) in [6.45, 7) is 4.49. The van der Waals surface area contributed by atoms with Gasteiger partial charge < -0.3 is 9.80 Å². The molecule has 4 rings (SSSR count). The van der Waals surface area contributed by atoms with Gasteiger partial charge in [-0.2, -0.15) is 0 Å². The third-order valence-corrected chi connectivity index (χ3v) is 5.51. The van der Waals surface area contributed by atoms with E-state index in [9.17, 15) is 4.79 Å². The average Bonchev–Trinajstić information content (AvgIpc) is 3.16. The van der Waals surface area contributed by atoms with Crippen molar-refractivity contribution in [1.82, 2.24) is 24.6 Å². The lowest BCUT2D eigenvalue weighted by molar-refractivity contribution is 0.0746. The Bertz CT molecular complexity index is 996. The maximum absolute atomic E-state index is 12.7. The number of piperazine rings is 1. The number of amides is 1. The van der Waals surface area contributed by atoms with E-state index < -0.39 is 0 Å². The van der Waals surface area contributed by atoms with Gasteiger partial charge in [0, 0.05) is 44.1 Å². The standard InChI is InChI=1S/C19H18Cl2N6O/c1-13-22-6-7-27(13)18-5-4-17(23-24-18)25-8-10-26(11-9-25)19(28)14-2-3-15(20)16(21)12-14/h2-7,12H,8-11H2,1H3. The molecule has 0 unspecified atom stereocenters. The predicted octanol–water partition coefficient (Wildman–Crippen LogP) is 3.24. The van der Waals surface area contributed by atoms with Gasteiger partial charge in [-0.3, -0.25) is 9.36 Å². The number of carbonyl (C=O) groups is 1. The van der Waals surface area contributed by atoms with Crippen molar-refractivity contribution in [3.8, 4) is 5.82 Å². The number of imidazole rings is 1. The summed E-state index contributed by atoms with van der Waals surface area (Å²) in [4.78, 5) is 20.8. The molecule has 0 spiro atoms. The first-order chi connectivity index (χ1) is 13.5. The van der Waals surface area contributed by atoms with Gasteiger partial charge in [-0.15, -0.1) is 10.2 Å². The fourth-order valence-corrected chi connectivity index (χ4v) is 3.48. The van der Waals surface area contributed by atoms with Crippen LogP contribution in [-0.4, -0.2) is 56.7 Å². The van der Waals surface area contributed by atoms with Crippen molar-refractivity contribution in [2.75, 3.05) is 31.1 Å². The third-order valence-electron chi connectivity index (χ3n) is 4.77. The summed E-state index contributed by atoms with van der Waals surface area (Å²) in [6.07, 6.45) is 3.58. The topological polar surface area (TPSA) is 67.2 Å². The van der Waals surface area contributed by atoms with E-state index in [2.05, 4.69) is 20.1 Å². The van der Waals surface area contributed by atoms with Crippen molar-refractivity contribution in [3.63, 3.8) is 0 Å². The van der Waals surface area contributed by atoms with Gasteiger partial charge in [0.15, 0.2) is 11.6 Å². The number of halogens is 2. The van der Waals surface area contributed by atoms with E-state index in [1.807, 2.05) is 34.7 Å². The van der Waals surface area contributed by atoms with E-state index in [0.29, 0.717) is 41.8 Å². The lowest BCUT2D eigenvalue weighted by Gasteiger charge is -2.35. The quantitative estimate of drug-likeness (QED) is 0.655. The van der Waals surface area contributed by atoms with Gasteiger partial charge in [0.1, 0.15) is 5.82 Å². The van der Waals surface area contributed by atoms with E-state index >= 15 is 0 Å². The fraction of sp³-hybridized carbons (Fsp3) is 0.263. The molecule has 28 heavy (non-hydrogen) atoms. The zero-order chi connectivity index (χ0) is 19.7. The molecule has 1 fully saturated rings. The van der Waals surface area contributed by atoms with Gasteiger partial charge in [0.05, 0.1) is 10.0 Å². The summed E-state index contributed by atoms with van der Waals surface area (Å²) in [5.41, 5.74) is 0.544. The average molecular weight is 417 g/mol. The molecule has 1 aliphatic rings. The summed E-state index contributed by atoms with van der Waals surface area (Å²) in [5.74, 6) is 2.34. The van der Waals surface area contributed by atoms with Crippen LogP contribution in [0.5, 0.6) is 0 Å². The van der Waals surface area contributed by atoms with Crippen LogP contribution in [0.1, 0.15) is 16.2 Å². The molecule has 2 aromatic heterocycles. The van der Waals surface area contributed by atoms with Crippen LogP contribution in [0.2, 0.25) is 10.0 Å². The molecule has 3 aromatic rings. The smallest absolute Gasteiger partial charge is 0.254 e. The summed E-state index contributed by atoms with van der Waals surface area (Å²) in [6, 6.07) is 8.82. The fourth-order valence-electron chi connectivity index (χ4n) is 3.19. The number of hydrogen-bond donors (Lipinski definition) is 0. The molecule has 1 aliphatic heterocycles. The van der Waals surface area contributed by atoms with Gasteiger partial charge in [0.25, 0.3) is 5.91 Å². The summed E-state index contributed by atoms with van der Waals surface area (Å²) in [7, 11) is 0. The Morgan fingerprint density at radius 1 is 0.964 bits per heavy atom. The maximum atomic E-state index is 12.7. The highest BCUT2D eigenvalue weighted by molar-refractivity contribution is 6.42. The number of rotatable bonds is 3. The van der Waals surface area contributed by atoms with E-state index in [-0.39, 0.29) is 5.91 Å². The third kappa shape index (κ3) is 3.68. The van der Waals surface area contributed by atoms with Crippen LogP contribution < -0.4 is 4.90 Å². The Labute approximate surface area is 172 Å². The van der Waals surface area contributed by atoms with Crippen LogP contribution in [-0.2, 0) is 0 Å². The Balaban J connectivity index is 1.40. The van der Waals surface area contributed by atoms with E-state index in [4.69, 9.17) is 23.2 Å². The molecule has 144 valence electrons. The molecule has 0 N–H and O–H groups in total. The molecule has 1 aromatic carbocycles. The molecule has 0 radical (unpaired) electrons. The monoisotopic (exact) mass is 416 g/mol. The first-order valence-electron chi connectivity index (χ1n) is 8.86.